The third-order valence-corrected chi connectivity index (χ3v) is 5.26. The lowest BCUT2D eigenvalue weighted by Crippen LogP contribution is -2.30. The summed E-state index contributed by atoms with van der Waals surface area (Å²) in [5.74, 6) is -1.14. The van der Waals surface area contributed by atoms with Crippen LogP contribution in [0.1, 0.15) is 20.8 Å². The van der Waals surface area contributed by atoms with Gasteiger partial charge in [-0.25, -0.2) is 18.4 Å². The molecule has 1 aromatic heterocycles. The Hall–Kier alpha value is -2.23. The molecule has 134 valence electrons. The molecular formula is C16H18N2O5S2. The van der Waals surface area contributed by atoms with E-state index in [1.165, 1.54) is 28.4 Å². The summed E-state index contributed by atoms with van der Waals surface area (Å²) in [5, 5.41) is 6.97. The van der Waals surface area contributed by atoms with Gasteiger partial charge < -0.3 is 9.64 Å². The zero-order valence-corrected chi connectivity index (χ0v) is 15.4. The summed E-state index contributed by atoms with van der Waals surface area (Å²) in [7, 11) is -2.32. The molecule has 0 radical (unpaired) electrons. The first-order valence-electron chi connectivity index (χ1n) is 7.25. The first-order chi connectivity index (χ1) is 11.7. The van der Waals surface area contributed by atoms with E-state index in [0.29, 0.717) is 12.1 Å². The van der Waals surface area contributed by atoms with Crippen molar-refractivity contribution in [3.8, 4) is 0 Å². The molecule has 25 heavy (non-hydrogen) atoms. The van der Waals surface area contributed by atoms with E-state index in [1.54, 1.807) is 14.0 Å². The van der Waals surface area contributed by atoms with Crippen molar-refractivity contribution in [2.75, 3.05) is 13.7 Å². The van der Waals surface area contributed by atoms with E-state index in [2.05, 4.69) is 0 Å². The standard InChI is InChI=1S/C16H18N2O5S2/c1-11-5-6-13(25(17,21)22)8-14(11)16(20)23-10-15(19)18(2)9-12-4-3-7-24-12/h3-8H,9-10H2,1-2H3,(H2,17,21,22). The molecule has 0 aliphatic heterocycles. The van der Waals surface area contributed by atoms with Crippen LogP contribution in [0.3, 0.4) is 0 Å². The largest absolute Gasteiger partial charge is 0.452 e. The summed E-state index contributed by atoms with van der Waals surface area (Å²) in [6.07, 6.45) is 0. The van der Waals surface area contributed by atoms with Crippen LogP contribution < -0.4 is 5.14 Å². The summed E-state index contributed by atoms with van der Waals surface area (Å²) in [5.41, 5.74) is 0.581. The van der Waals surface area contributed by atoms with Gasteiger partial charge in [0.15, 0.2) is 6.61 Å². The number of aryl methyl sites for hydroxylation is 1. The van der Waals surface area contributed by atoms with E-state index in [0.717, 1.165) is 10.9 Å². The Morgan fingerprint density at radius 1 is 1.28 bits per heavy atom. The van der Waals surface area contributed by atoms with E-state index in [4.69, 9.17) is 9.88 Å². The van der Waals surface area contributed by atoms with E-state index in [1.807, 2.05) is 17.5 Å². The Balaban J connectivity index is 2.01. The third-order valence-electron chi connectivity index (χ3n) is 3.48. The summed E-state index contributed by atoms with van der Waals surface area (Å²) in [6.45, 7) is 1.63. The van der Waals surface area contributed by atoms with E-state index in [9.17, 15) is 18.0 Å². The predicted octanol–water partition coefficient (Wildman–Crippen LogP) is 1.52. The number of likely N-dealkylation sites (N-methyl/N-ethyl adjacent to an activating group) is 1. The lowest BCUT2D eigenvalue weighted by molar-refractivity contribution is -0.133. The number of nitrogens with zero attached hydrogens (tertiary/aromatic N) is 1. The monoisotopic (exact) mass is 382 g/mol. The Kier molecular flexibility index (Phi) is 5.93. The first kappa shape index (κ1) is 19.1. The second-order valence-electron chi connectivity index (χ2n) is 5.43. The highest BCUT2D eigenvalue weighted by atomic mass is 32.2. The van der Waals surface area contributed by atoms with Gasteiger partial charge in [0.25, 0.3) is 5.91 Å². The Morgan fingerprint density at radius 2 is 2.00 bits per heavy atom. The van der Waals surface area contributed by atoms with Gasteiger partial charge in [-0.1, -0.05) is 12.1 Å². The highest BCUT2D eigenvalue weighted by molar-refractivity contribution is 7.89. The van der Waals surface area contributed by atoms with Gasteiger partial charge in [0.05, 0.1) is 17.0 Å². The number of ether oxygens (including phenoxy) is 1. The number of benzene rings is 1. The van der Waals surface area contributed by atoms with Crippen LogP contribution in [0.5, 0.6) is 0 Å². The van der Waals surface area contributed by atoms with E-state index < -0.39 is 22.6 Å². The molecule has 1 aromatic carbocycles. The average molecular weight is 382 g/mol. The van der Waals surface area contributed by atoms with Crippen molar-refractivity contribution in [3.63, 3.8) is 0 Å². The molecule has 2 rings (SSSR count). The van der Waals surface area contributed by atoms with Gasteiger partial charge in [-0.15, -0.1) is 11.3 Å². The fraction of sp³-hybridized carbons (Fsp3) is 0.250. The first-order valence-corrected chi connectivity index (χ1v) is 9.68. The van der Waals surface area contributed by atoms with Gasteiger partial charge in [0.1, 0.15) is 0 Å². The minimum Gasteiger partial charge on any atom is -0.452 e. The number of hydrogen-bond acceptors (Lipinski definition) is 6. The average Bonchev–Trinajstić information content (AvgIpc) is 3.04. The second kappa shape index (κ2) is 7.77. The molecule has 0 bridgehead atoms. The molecule has 0 saturated carbocycles. The molecule has 1 heterocycles. The maximum Gasteiger partial charge on any atom is 0.338 e. The van der Waals surface area contributed by atoms with Gasteiger partial charge in [-0.05, 0) is 36.1 Å². The number of nitrogens with two attached hydrogens (primary N) is 1. The van der Waals surface area contributed by atoms with Crippen LogP contribution >= 0.6 is 11.3 Å². The smallest absolute Gasteiger partial charge is 0.338 e. The number of esters is 1. The summed E-state index contributed by atoms with van der Waals surface area (Å²) in [4.78, 5) is 26.5. The van der Waals surface area contributed by atoms with Crippen molar-refractivity contribution in [1.29, 1.82) is 0 Å². The molecule has 0 unspecified atom stereocenters. The summed E-state index contributed by atoms with van der Waals surface area (Å²) in [6, 6.07) is 7.71. The van der Waals surface area contributed by atoms with Crippen LogP contribution in [0.25, 0.3) is 0 Å². The quantitative estimate of drug-likeness (QED) is 0.762. The molecular weight excluding hydrogens is 364 g/mol. The van der Waals surface area contributed by atoms with Gasteiger partial charge in [-0.2, -0.15) is 0 Å². The van der Waals surface area contributed by atoms with E-state index in [-0.39, 0.29) is 16.4 Å². The zero-order valence-electron chi connectivity index (χ0n) is 13.8. The molecule has 2 N–H and O–H groups in total. The molecule has 1 amide bonds. The van der Waals surface area contributed by atoms with Crippen LogP contribution in [0.15, 0.2) is 40.6 Å². The van der Waals surface area contributed by atoms with Crippen LogP contribution in [0, 0.1) is 6.92 Å². The summed E-state index contributed by atoms with van der Waals surface area (Å²) >= 11 is 1.53. The SMILES string of the molecule is Cc1ccc(S(N)(=O)=O)cc1C(=O)OCC(=O)N(C)Cc1cccs1. The highest BCUT2D eigenvalue weighted by Gasteiger charge is 2.18. The van der Waals surface area contributed by atoms with Gasteiger partial charge >= 0.3 is 5.97 Å². The number of carbonyl (C=O) groups is 2. The van der Waals surface area contributed by atoms with Crippen molar-refractivity contribution in [3.05, 3.63) is 51.7 Å². The van der Waals surface area contributed by atoms with Gasteiger partial charge in [0, 0.05) is 11.9 Å². The number of thiophene rings is 1. The number of primary sulfonamides is 1. The number of rotatable bonds is 6. The topological polar surface area (TPSA) is 107 Å². The molecule has 0 saturated heterocycles. The number of hydrogen-bond donors (Lipinski definition) is 1. The predicted molar refractivity (Wildman–Crippen MR) is 93.6 cm³/mol. The van der Waals surface area contributed by atoms with Crippen LogP contribution in [0.2, 0.25) is 0 Å². The van der Waals surface area contributed by atoms with E-state index >= 15 is 0 Å². The molecule has 0 atom stereocenters. The molecule has 0 aliphatic carbocycles. The van der Waals surface area contributed by atoms with Gasteiger partial charge in [0.2, 0.25) is 10.0 Å². The van der Waals surface area contributed by atoms with Crippen LogP contribution in [0.4, 0.5) is 0 Å². The van der Waals surface area contributed by atoms with Crippen molar-refractivity contribution in [1.82, 2.24) is 4.90 Å². The fourth-order valence-corrected chi connectivity index (χ4v) is 3.33. The van der Waals surface area contributed by atoms with Gasteiger partial charge in [-0.3, -0.25) is 4.79 Å². The van der Waals surface area contributed by atoms with Crippen molar-refractivity contribution in [2.24, 2.45) is 5.14 Å². The third kappa shape index (κ3) is 5.12. The van der Waals surface area contributed by atoms with Crippen molar-refractivity contribution < 1.29 is 22.7 Å². The second-order valence-corrected chi connectivity index (χ2v) is 8.02. The molecule has 0 fully saturated rings. The normalized spacial score (nSPS) is 11.2. The molecule has 7 nitrogen and oxygen atoms in total. The molecule has 2 aromatic rings. The van der Waals surface area contributed by atoms with Crippen LogP contribution in [-0.2, 0) is 26.1 Å². The van der Waals surface area contributed by atoms with Crippen LogP contribution in [-0.4, -0.2) is 38.8 Å². The Morgan fingerprint density at radius 3 is 2.60 bits per heavy atom. The molecule has 0 spiro atoms. The number of carbonyl (C=O) groups excluding carboxylic acids is 2. The lowest BCUT2D eigenvalue weighted by atomic mass is 10.1. The van der Waals surface area contributed by atoms with Crippen molar-refractivity contribution in [2.45, 2.75) is 18.4 Å². The highest BCUT2D eigenvalue weighted by Crippen LogP contribution is 2.16. The number of amides is 1. The fourth-order valence-electron chi connectivity index (χ4n) is 2.04. The minimum absolute atomic E-state index is 0.0558. The molecule has 0 aliphatic rings. The maximum atomic E-state index is 12.2. The Bertz CT molecular complexity index is 876. The van der Waals surface area contributed by atoms with Crippen molar-refractivity contribution >= 4 is 33.2 Å². The maximum absolute atomic E-state index is 12.2. The summed E-state index contributed by atoms with van der Waals surface area (Å²) < 4.78 is 27.8. The Labute approximate surface area is 150 Å². The zero-order chi connectivity index (χ0) is 18.6. The lowest BCUT2D eigenvalue weighted by Gasteiger charge is -2.16. The number of sulfonamides is 1. The molecule has 9 heteroatoms. The minimum atomic E-state index is -3.93.